The average Bonchev–Trinajstić information content (AvgIpc) is 3.27. The molecule has 0 unspecified atom stereocenters. The zero-order valence-electron chi connectivity index (χ0n) is 16.0. The second-order valence-electron chi connectivity index (χ2n) is 6.77. The lowest BCUT2D eigenvalue weighted by molar-refractivity contribution is 0.302. The van der Waals surface area contributed by atoms with Gasteiger partial charge in [-0.15, -0.1) is 0 Å². The molecule has 0 atom stereocenters. The van der Waals surface area contributed by atoms with Gasteiger partial charge in [-0.2, -0.15) is 4.68 Å². The Kier molecular flexibility index (Phi) is 4.86. The zero-order chi connectivity index (χ0) is 20.4. The van der Waals surface area contributed by atoms with E-state index in [9.17, 15) is 9.59 Å². The van der Waals surface area contributed by atoms with Crippen molar-refractivity contribution in [1.29, 1.82) is 0 Å². The van der Waals surface area contributed by atoms with Crippen molar-refractivity contribution in [2.24, 2.45) is 7.05 Å². The van der Waals surface area contributed by atoms with Crippen LogP contribution in [0, 0.1) is 6.92 Å². The van der Waals surface area contributed by atoms with Crippen LogP contribution in [0.25, 0.3) is 11.3 Å². The molecule has 4 aromatic rings. The summed E-state index contributed by atoms with van der Waals surface area (Å²) in [7, 11) is 1.68. The molecule has 9 heteroatoms. The summed E-state index contributed by atoms with van der Waals surface area (Å²) in [5, 5.41) is 12.6. The molecule has 0 bridgehead atoms. The summed E-state index contributed by atoms with van der Waals surface area (Å²) in [6.45, 7) is 2.63. The number of hydrogen-bond acceptors (Lipinski definition) is 5. The Morgan fingerprint density at radius 1 is 1.07 bits per heavy atom. The lowest BCUT2D eigenvalue weighted by Gasteiger charge is -2.13. The Labute approximate surface area is 165 Å². The Morgan fingerprint density at radius 2 is 1.86 bits per heavy atom. The minimum atomic E-state index is -0.355. The van der Waals surface area contributed by atoms with E-state index in [-0.39, 0.29) is 11.2 Å². The number of aromatic amines is 2. The quantitative estimate of drug-likeness (QED) is 0.518. The molecule has 0 aliphatic carbocycles. The number of aromatic nitrogens is 6. The predicted octanol–water partition coefficient (Wildman–Crippen LogP) is 1.60. The number of H-pyrrole nitrogens is 2. The number of hydrogen-bond donors (Lipinski definition) is 2. The van der Waals surface area contributed by atoms with Crippen LogP contribution in [0.2, 0.25) is 0 Å². The first kappa shape index (κ1) is 18.5. The van der Waals surface area contributed by atoms with Gasteiger partial charge >= 0.3 is 5.69 Å². The van der Waals surface area contributed by atoms with E-state index in [0.29, 0.717) is 13.2 Å². The normalized spacial score (nSPS) is 11.0. The van der Waals surface area contributed by atoms with Crippen LogP contribution in [-0.4, -0.2) is 30.0 Å². The molecule has 0 aliphatic heterocycles. The first-order chi connectivity index (χ1) is 14.0. The molecule has 148 valence electrons. The van der Waals surface area contributed by atoms with Crippen LogP contribution in [0.4, 0.5) is 0 Å². The van der Waals surface area contributed by atoms with Crippen LogP contribution >= 0.6 is 0 Å². The van der Waals surface area contributed by atoms with E-state index < -0.39 is 0 Å². The maximum Gasteiger partial charge on any atom is 0.361 e. The molecule has 29 heavy (non-hydrogen) atoms. The number of rotatable bonds is 6. The van der Waals surface area contributed by atoms with E-state index in [1.54, 1.807) is 13.1 Å². The topological polar surface area (TPSA) is 111 Å². The molecule has 0 aliphatic rings. The van der Waals surface area contributed by atoms with Crippen molar-refractivity contribution in [1.82, 2.24) is 30.0 Å². The maximum atomic E-state index is 11.7. The summed E-state index contributed by atoms with van der Waals surface area (Å²) >= 11 is 0. The van der Waals surface area contributed by atoms with Gasteiger partial charge in [-0.05, 0) is 52.2 Å². The van der Waals surface area contributed by atoms with Crippen LogP contribution in [0.5, 0.6) is 5.75 Å². The molecule has 0 spiro atoms. The minimum Gasteiger partial charge on any atom is -0.489 e. The van der Waals surface area contributed by atoms with Gasteiger partial charge in [-0.3, -0.25) is 14.6 Å². The van der Waals surface area contributed by atoms with Crippen molar-refractivity contribution in [3.05, 3.63) is 86.1 Å². The van der Waals surface area contributed by atoms with Crippen molar-refractivity contribution in [2.45, 2.75) is 20.1 Å². The monoisotopic (exact) mass is 392 g/mol. The summed E-state index contributed by atoms with van der Waals surface area (Å²) in [6, 6.07) is 15.1. The van der Waals surface area contributed by atoms with Gasteiger partial charge in [0.1, 0.15) is 12.4 Å². The molecule has 2 N–H and O–H groups in total. The fourth-order valence-electron chi connectivity index (χ4n) is 3.11. The van der Waals surface area contributed by atoms with E-state index in [1.165, 1.54) is 9.36 Å². The summed E-state index contributed by atoms with van der Waals surface area (Å²) < 4.78 is 8.72. The number of ether oxygens (including phenoxy) is 1. The SMILES string of the molecule is Cc1cc(-c2cc(=O)n(C)[nH]2)ccc1OCc1ccccc1Cn1nn[nH]c1=O. The van der Waals surface area contributed by atoms with Gasteiger partial charge in [-0.1, -0.05) is 24.3 Å². The first-order valence-corrected chi connectivity index (χ1v) is 9.06. The summed E-state index contributed by atoms with van der Waals surface area (Å²) in [5.41, 5.74) is 4.08. The van der Waals surface area contributed by atoms with Gasteiger partial charge in [-0.25, -0.2) is 9.89 Å². The fraction of sp³-hybridized carbons (Fsp3) is 0.200. The largest absolute Gasteiger partial charge is 0.489 e. The van der Waals surface area contributed by atoms with Crippen molar-refractivity contribution in [2.75, 3.05) is 0 Å². The highest BCUT2D eigenvalue weighted by molar-refractivity contribution is 5.61. The number of tetrazole rings is 1. The van der Waals surface area contributed by atoms with Crippen molar-refractivity contribution in [3.8, 4) is 17.0 Å². The first-order valence-electron chi connectivity index (χ1n) is 9.06. The van der Waals surface area contributed by atoms with E-state index in [0.717, 1.165) is 33.7 Å². The molecule has 0 radical (unpaired) electrons. The Hall–Kier alpha value is -3.88. The smallest absolute Gasteiger partial charge is 0.361 e. The molecule has 2 aromatic carbocycles. The highest BCUT2D eigenvalue weighted by Crippen LogP contribution is 2.25. The van der Waals surface area contributed by atoms with Crippen molar-refractivity contribution < 1.29 is 4.74 Å². The molecule has 2 heterocycles. The molecule has 0 saturated heterocycles. The molecular formula is C20H20N6O3. The number of nitrogens with zero attached hydrogens (tertiary/aromatic N) is 4. The maximum absolute atomic E-state index is 11.7. The number of aryl methyl sites for hydroxylation is 2. The minimum absolute atomic E-state index is 0.0826. The van der Waals surface area contributed by atoms with Gasteiger partial charge in [0.15, 0.2) is 0 Å². The van der Waals surface area contributed by atoms with Crippen LogP contribution in [0.15, 0.2) is 58.1 Å². The van der Waals surface area contributed by atoms with E-state index in [1.807, 2.05) is 49.4 Å². The molecule has 0 saturated carbocycles. The molecule has 2 aromatic heterocycles. The third kappa shape index (κ3) is 3.88. The van der Waals surface area contributed by atoms with Gasteiger partial charge in [0.05, 0.1) is 12.2 Å². The van der Waals surface area contributed by atoms with Gasteiger partial charge in [0, 0.05) is 18.7 Å². The molecule has 0 fully saturated rings. The summed E-state index contributed by atoms with van der Waals surface area (Å²) in [6.07, 6.45) is 0. The molecule has 4 rings (SSSR count). The van der Waals surface area contributed by atoms with E-state index >= 15 is 0 Å². The predicted molar refractivity (Wildman–Crippen MR) is 107 cm³/mol. The van der Waals surface area contributed by atoms with Crippen LogP contribution in [-0.2, 0) is 20.2 Å². The second kappa shape index (κ2) is 7.63. The molecule has 9 nitrogen and oxygen atoms in total. The number of nitrogens with one attached hydrogen (secondary N) is 2. The van der Waals surface area contributed by atoms with Crippen LogP contribution < -0.4 is 16.0 Å². The molecular weight excluding hydrogens is 372 g/mol. The highest BCUT2D eigenvalue weighted by Gasteiger charge is 2.09. The third-order valence-corrected chi connectivity index (χ3v) is 4.73. The molecule has 0 amide bonds. The van der Waals surface area contributed by atoms with Gasteiger partial charge in [0.25, 0.3) is 5.56 Å². The summed E-state index contributed by atoms with van der Waals surface area (Å²) in [5.74, 6) is 0.750. The Balaban J connectivity index is 1.52. The average molecular weight is 392 g/mol. The van der Waals surface area contributed by atoms with Gasteiger partial charge in [0.2, 0.25) is 0 Å². The standard InChI is InChI=1S/C20H20N6O3/c1-13-9-14(17-10-19(27)25(2)22-17)7-8-18(13)29-12-16-6-4-3-5-15(16)11-26-20(28)21-23-24-26/h3-10,22H,11-12H2,1-2H3,(H,21,24,28). The van der Waals surface area contributed by atoms with E-state index in [4.69, 9.17) is 4.74 Å². The zero-order valence-corrected chi connectivity index (χ0v) is 16.0. The highest BCUT2D eigenvalue weighted by atomic mass is 16.5. The Bertz CT molecular complexity index is 1260. The van der Waals surface area contributed by atoms with Crippen LogP contribution in [0.1, 0.15) is 16.7 Å². The van der Waals surface area contributed by atoms with Crippen molar-refractivity contribution in [3.63, 3.8) is 0 Å². The van der Waals surface area contributed by atoms with E-state index in [2.05, 4.69) is 20.6 Å². The van der Waals surface area contributed by atoms with Gasteiger partial charge < -0.3 is 4.74 Å². The fourth-order valence-corrected chi connectivity index (χ4v) is 3.11. The lowest BCUT2D eigenvalue weighted by Crippen LogP contribution is -2.19. The number of benzene rings is 2. The second-order valence-corrected chi connectivity index (χ2v) is 6.77. The Morgan fingerprint density at radius 3 is 2.52 bits per heavy atom. The van der Waals surface area contributed by atoms with Crippen molar-refractivity contribution >= 4 is 0 Å². The van der Waals surface area contributed by atoms with Crippen LogP contribution in [0.3, 0.4) is 0 Å². The lowest BCUT2D eigenvalue weighted by atomic mass is 10.1. The third-order valence-electron chi connectivity index (χ3n) is 4.73. The summed E-state index contributed by atoms with van der Waals surface area (Å²) in [4.78, 5) is 23.3.